The van der Waals surface area contributed by atoms with Crippen molar-refractivity contribution in [2.75, 3.05) is 39.5 Å². The van der Waals surface area contributed by atoms with Crippen LogP contribution in [-0.2, 0) is 11.2 Å². The van der Waals surface area contributed by atoms with Gasteiger partial charge in [0.2, 0.25) is 0 Å². The Morgan fingerprint density at radius 2 is 2.26 bits per heavy atom. The summed E-state index contributed by atoms with van der Waals surface area (Å²) in [5.41, 5.74) is 1.24. The van der Waals surface area contributed by atoms with E-state index in [9.17, 15) is 5.11 Å². The second-order valence-electron chi connectivity index (χ2n) is 4.84. The summed E-state index contributed by atoms with van der Waals surface area (Å²) >= 11 is 0. The normalized spacial score (nSPS) is 21.1. The minimum absolute atomic E-state index is 0.384. The van der Waals surface area contributed by atoms with E-state index >= 15 is 0 Å². The number of para-hydroxylation sites is 1. The van der Waals surface area contributed by atoms with Gasteiger partial charge in [-0.2, -0.15) is 0 Å². The fraction of sp³-hybridized carbons (Fsp3) is 0.600. The lowest BCUT2D eigenvalue weighted by atomic mass is 10.1. The summed E-state index contributed by atoms with van der Waals surface area (Å²) in [7, 11) is 0. The first kappa shape index (κ1) is 14.3. The maximum Gasteiger partial charge on any atom is 0.122 e. The highest BCUT2D eigenvalue weighted by molar-refractivity contribution is 5.33. The molecule has 0 saturated carbocycles. The molecule has 1 heterocycles. The van der Waals surface area contributed by atoms with E-state index in [2.05, 4.69) is 17.9 Å². The molecule has 1 aliphatic rings. The van der Waals surface area contributed by atoms with E-state index in [0.717, 1.165) is 25.3 Å². The van der Waals surface area contributed by atoms with Crippen LogP contribution < -0.4 is 4.74 Å². The standard InChI is InChI=1S/C15H23NO3/c1-2-13-5-3-4-6-15(13)19-10-8-16-7-9-18-12-14(17)11-16/h3-6,14,17H,2,7-12H2,1H3/t14-/m0/s1. The SMILES string of the molecule is CCc1ccccc1OCCN1CCOC[C@@H](O)C1. The Morgan fingerprint density at radius 3 is 3.11 bits per heavy atom. The summed E-state index contributed by atoms with van der Waals surface area (Å²) < 4.78 is 11.1. The average Bonchev–Trinajstić information content (AvgIpc) is 2.64. The molecule has 0 unspecified atom stereocenters. The fourth-order valence-electron chi connectivity index (χ4n) is 2.28. The minimum Gasteiger partial charge on any atom is -0.492 e. The molecule has 1 aromatic rings. The number of rotatable bonds is 5. The second kappa shape index (κ2) is 7.48. The van der Waals surface area contributed by atoms with Gasteiger partial charge in [-0.05, 0) is 18.1 Å². The highest BCUT2D eigenvalue weighted by Gasteiger charge is 2.16. The van der Waals surface area contributed by atoms with Crippen molar-refractivity contribution < 1.29 is 14.6 Å². The molecule has 0 aliphatic carbocycles. The summed E-state index contributed by atoms with van der Waals surface area (Å²) in [6.07, 6.45) is 0.595. The van der Waals surface area contributed by atoms with Crippen LogP contribution in [-0.4, -0.2) is 55.6 Å². The number of hydrogen-bond donors (Lipinski definition) is 1. The number of aryl methyl sites for hydroxylation is 1. The Hall–Kier alpha value is -1.10. The first-order chi connectivity index (χ1) is 9.29. The van der Waals surface area contributed by atoms with Gasteiger partial charge in [0.25, 0.3) is 0 Å². The van der Waals surface area contributed by atoms with Crippen molar-refractivity contribution in [1.29, 1.82) is 0 Å². The van der Waals surface area contributed by atoms with Crippen LogP contribution in [0.3, 0.4) is 0 Å². The molecule has 0 radical (unpaired) electrons. The van der Waals surface area contributed by atoms with E-state index in [1.807, 2.05) is 18.2 Å². The Morgan fingerprint density at radius 1 is 1.42 bits per heavy atom. The number of aliphatic hydroxyl groups is 1. The molecule has 1 N–H and O–H groups in total. The van der Waals surface area contributed by atoms with Gasteiger partial charge in [0.05, 0.1) is 19.3 Å². The van der Waals surface area contributed by atoms with Crippen molar-refractivity contribution in [1.82, 2.24) is 4.90 Å². The number of ether oxygens (including phenoxy) is 2. The molecule has 0 spiro atoms. The van der Waals surface area contributed by atoms with E-state index in [1.54, 1.807) is 0 Å². The van der Waals surface area contributed by atoms with Crippen LogP contribution in [0.15, 0.2) is 24.3 Å². The summed E-state index contributed by atoms with van der Waals surface area (Å²) in [5, 5.41) is 9.65. The maximum absolute atomic E-state index is 9.65. The van der Waals surface area contributed by atoms with E-state index in [4.69, 9.17) is 9.47 Å². The van der Waals surface area contributed by atoms with Crippen LogP contribution in [0.1, 0.15) is 12.5 Å². The maximum atomic E-state index is 9.65. The number of nitrogens with zero attached hydrogens (tertiary/aromatic N) is 1. The molecule has 1 aromatic carbocycles. The number of benzene rings is 1. The van der Waals surface area contributed by atoms with Crippen molar-refractivity contribution >= 4 is 0 Å². The summed E-state index contributed by atoms with van der Waals surface area (Å²) in [4.78, 5) is 2.19. The molecular weight excluding hydrogens is 242 g/mol. The van der Waals surface area contributed by atoms with Gasteiger partial charge in [-0.1, -0.05) is 25.1 Å². The molecular formula is C15H23NO3. The van der Waals surface area contributed by atoms with Gasteiger partial charge in [0, 0.05) is 19.6 Å². The molecule has 19 heavy (non-hydrogen) atoms. The van der Waals surface area contributed by atoms with Crippen molar-refractivity contribution in [2.24, 2.45) is 0 Å². The molecule has 1 saturated heterocycles. The highest BCUT2D eigenvalue weighted by atomic mass is 16.5. The van der Waals surface area contributed by atoms with Crippen LogP contribution in [0.4, 0.5) is 0 Å². The van der Waals surface area contributed by atoms with E-state index in [0.29, 0.717) is 26.4 Å². The first-order valence-electron chi connectivity index (χ1n) is 6.98. The van der Waals surface area contributed by atoms with Gasteiger partial charge < -0.3 is 14.6 Å². The molecule has 1 fully saturated rings. The molecule has 4 heteroatoms. The monoisotopic (exact) mass is 265 g/mol. The molecule has 0 bridgehead atoms. The van der Waals surface area contributed by atoms with Crippen molar-refractivity contribution in [3.05, 3.63) is 29.8 Å². The van der Waals surface area contributed by atoms with Crippen LogP contribution in [0.25, 0.3) is 0 Å². The van der Waals surface area contributed by atoms with Gasteiger partial charge in [-0.15, -0.1) is 0 Å². The summed E-state index contributed by atoms with van der Waals surface area (Å²) in [5.74, 6) is 0.969. The molecule has 2 rings (SSSR count). The predicted molar refractivity (Wildman–Crippen MR) is 74.6 cm³/mol. The zero-order valence-corrected chi connectivity index (χ0v) is 11.5. The molecule has 4 nitrogen and oxygen atoms in total. The fourth-order valence-corrected chi connectivity index (χ4v) is 2.28. The van der Waals surface area contributed by atoms with Crippen molar-refractivity contribution in [2.45, 2.75) is 19.4 Å². The quantitative estimate of drug-likeness (QED) is 0.872. The minimum atomic E-state index is -0.384. The van der Waals surface area contributed by atoms with E-state index in [-0.39, 0.29) is 6.10 Å². The topological polar surface area (TPSA) is 41.9 Å². The average molecular weight is 265 g/mol. The zero-order chi connectivity index (χ0) is 13.5. The third-order valence-electron chi connectivity index (χ3n) is 3.35. The Kier molecular flexibility index (Phi) is 5.63. The number of aliphatic hydroxyl groups excluding tert-OH is 1. The molecule has 1 atom stereocenters. The number of hydrogen-bond acceptors (Lipinski definition) is 4. The third kappa shape index (κ3) is 4.49. The smallest absolute Gasteiger partial charge is 0.122 e. The van der Waals surface area contributed by atoms with Crippen LogP contribution in [0, 0.1) is 0 Å². The zero-order valence-electron chi connectivity index (χ0n) is 11.5. The Labute approximate surface area is 114 Å². The molecule has 0 amide bonds. The van der Waals surface area contributed by atoms with Gasteiger partial charge >= 0.3 is 0 Å². The van der Waals surface area contributed by atoms with Gasteiger partial charge in [0.15, 0.2) is 0 Å². The van der Waals surface area contributed by atoms with Gasteiger partial charge in [0.1, 0.15) is 12.4 Å². The summed E-state index contributed by atoms with van der Waals surface area (Å²) in [6, 6.07) is 8.14. The molecule has 1 aliphatic heterocycles. The van der Waals surface area contributed by atoms with E-state index in [1.165, 1.54) is 5.56 Å². The van der Waals surface area contributed by atoms with Crippen LogP contribution in [0.2, 0.25) is 0 Å². The molecule has 0 aromatic heterocycles. The van der Waals surface area contributed by atoms with Gasteiger partial charge in [-0.25, -0.2) is 0 Å². The Balaban J connectivity index is 1.79. The lowest BCUT2D eigenvalue weighted by molar-refractivity contribution is 0.0560. The lowest BCUT2D eigenvalue weighted by Gasteiger charge is -2.21. The van der Waals surface area contributed by atoms with Crippen LogP contribution in [0.5, 0.6) is 5.75 Å². The van der Waals surface area contributed by atoms with E-state index < -0.39 is 0 Å². The first-order valence-corrected chi connectivity index (χ1v) is 6.98. The molecule has 106 valence electrons. The van der Waals surface area contributed by atoms with Crippen molar-refractivity contribution in [3.63, 3.8) is 0 Å². The van der Waals surface area contributed by atoms with Gasteiger partial charge in [-0.3, -0.25) is 4.90 Å². The third-order valence-corrected chi connectivity index (χ3v) is 3.35. The van der Waals surface area contributed by atoms with Crippen LogP contribution >= 0.6 is 0 Å². The predicted octanol–water partition coefficient (Wildman–Crippen LogP) is 1.32. The second-order valence-corrected chi connectivity index (χ2v) is 4.84. The Bertz CT molecular complexity index is 383. The highest BCUT2D eigenvalue weighted by Crippen LogP contribution is 2.18. The van der Waals surface area contributed by atoms with Crippen molar-refractivity contribution in [3.8, 4) is 5.75 Å². The lowest BCUT2D eigenvalue weighted by Crippen LogP contribution is -2.35. The largest absolute Gasteiger partial charge is 0.492 e. The number of β-amino-alcohol motifs (C(OH)–C–C–N with tert-alkyl or cyclic N) is 1. The summed E-state index contributed by atoms with van der Waals surface area (Å²) in [6.45, 7) is 6.24.